The van der Waals surface area contributed by atoms with E-state index < -0.39 is 0 Å². The first kappa shape index (κ1) is 15.4. The van der Waals surface area contributed by atoms with Crippen molar-refractivity contribution >= 4 is 74.9 Å². The molecule has 2 nitrogen and oxygen atoms in total. The summed E-state index contributed by atoms with van der Waals surface area (Å²) in [6, 6.07) is 26.3. The summed E-state index contributed by atoms with van der Waals surface area (Å²) in [6.45, 7) is 0. The van der Waals surface area contributed by atoms with E-state index in [4.69, 9.17) is 9.97 Å². The van der Waals surface area contributed by atoms with E-state index in [2.05, 4.69) is 72.8 Å². The van der Waals surface area contributed by atoms with Gasteiger partial charge >= 0.3 is 0 Å². The van der Waals surface area contributed by atoms with Crippen molar-refractivity contribution in [2.24, 2.45) is 0 Å². The van der Waals surface area contributed by atoms with Crippen molar-refractivity contribution in [2.45, 2.75) is 0 Å². The summed E-state index contributed by atoms with van der Waals surface area (Å²) in [5.74, 6) is 0. The van der Waals surface area contributed by atoms with Crippen LogP contribution in [-0.2, 0) is 0 Å². The SMILES string of the molecule is c1ccc2c(c1)ccc1c3nccnc3c3cc4c(cc3c21)sc1ccccc14. The minimum atomic E-state index is 0.972. The lowest BCUT2D eigenvalue weighted by atomic mass is 9.94. The molecule has 0 unspecified atom stereocenters. The largest absolute Gasteiger partial charge is 0.252 e. The molecule has 7 rings (SSSR count). The lowest BCUT2D eigenvalue weighted by Gasteiger charge is -2.12. The van der Waals surface area contributed by atoms with Gasteiger partial charge in [-0.3, -0.25) is 9.97 Å². The Labute approximate surface area is 170 Å². The fraction of sp³-hybridized carbons (Fsp3) is 0. The molecule has 0 aliphatic heterocycles. The molecule has 0 saturated carbocycles. The Morgan fingerprint density at radius 3 is 2.17 bits per heavy atom. The van der Waals surface area contributed by atoms with Gasteiger partial charge in [0.2, 0.25) is 0 Å². The number of hydrogen-bond acceptors (Lipinski definition) is 3. The van der Waals surface area contributed by atoms with Gasteiger partial charge in [0, 0.05) is 43.3 Å². The summed E-state index contributed by atoms with van der Waals surface area (Å²) in [6.07, 6.45) is 3.59. The van der Waals surface area contributed by atoms with Crippen LogP contribution in [0.3, 0.4) is 0 Å². The molecule has 0 aliphatic carbocycles. The van der Waals surface area contributed by atoms with Gasteiger partial charge in [0.25, 0.3) is 0 Å². The Hall–Kier alpha value is -3.56. The van der Waals surface area contributed by atoms with Gasteiger partial charge in [-0.2, -0.15) is 0 Å². The molecule has 3 heteroatoms. The highest BCUT2D eigenvalue weighted by Gasteiger charge is 2.15. The summed E-state index contributed by atoms with van der Waals surface area (Å²) in [5, 5.41) is 9.99. The zero-order chi connectivity index (χ0) is 18.9. The highest BCUT2D eigenvalue weighted by Crippen LogP contribution is 2.42. The molecule has 7 aromatic rings. The monoisotopic (exact) mass is 386 g/mol. The van der Waals surface area contributed by atoms with Gasteiger partial charge in [0.1, 0.15) is 0 Å². The molecule has 5 aromatic carbocycles. The normalized spacial score (nSPS) is 12.1. The van der Waals surface area contributed by atoms with Crippen molar-refractivity contribution in [3.63, 3.8) is 0 Å². The molecular weight excluding hydrogens is 372 g/mol. The third kappa shape index (κ3) is 2.00. The predicted octanol–water partition coefficient (Wildman–Crippen LogP) is 7.46. The minimum absolute atomic E-state index is 0.972. The molecule has 134 valence electrons. The molecule has 0 radical (unpaired) electrons. The van der Waals surface area contributed by atoms with Crippen molar-refractivity contribution in [3.05, 3.63) is 85.2 Å². The van der Waals surface area contributed by atoms with E-state index >= 15 is 0 Å². The number of fused-ring (bicyclic) bond motifs is 11. The second-order valence-electron chi connectivity index (χ2n) is 7.45. The number of rotatable bonds is 0. The Balaban J connectivity index is 1.85. The van der Waals surface area contributed by atoms with Crippen molar-refractivity contribution < 1.29 is 0 Å². The quantitative estimate of drug-likeness (QED) is 0.253. The minimum Gasteiger partial charge on any atom is -0.252 e. The zero-order valence-corrected chi connectivity index (χ0v) is 16.2. The molecule has 0 N–H and O–H groups in total. The van der Waals surface area contributed by atoms with Crippen molar-refractivity contribution in [3.8, 4) is 0 Å². The first-order valence-corrected chi connectivity index (χ1v) is 10.5. The third-order valence-corrected chi connectivity index (χ3v) is 7.06. The molecule has 29 heavy (non-hydrogen) atoms. The molecule has 0 bridgehead atoms. The summed E-state index contributed by atoms with van der Waals surface area (Å²) >= 11 is 1.86. The van der Waals surface area contributed by atoms with Crippen molar-refractivity contribution in [1.29, 1.82) is 0 Å². The number of thiophene rings is 1. The lowest BCUT2D eigenvalue weighted by Crippen LogP contribution is -1.89. The van der Waals surface area contributed by atoms with E-state index in [9.17, 15) is 0 Å². The average molecular weight is 386 g/mol. The first-order valence-electron chi connectivity index (χ1n) is 9.68. The Bertz CT molecular complexity index is 1760. The van der Waals surface area contributed by atoms with Crippen LogP contribution < -0.4 is 0 Å². The van der Waals surface area contributed by atoms with Crippen LogP contribution in [-0.4, -0.2) is 9.97 Å². The van der Waals surface area contributed by atoms with Crippen LogP contribution in [0.5, 0.6) is 0 Å². The summed E-state index contributed by atoms with van der Waals surface area (Å²) in [4.78, 5) is 9.49. The Morgan fingerprint density at radius 2 is 1.28 bits per heavy atom. The number of aromatic nitrogens is 2. The Kier molecular flexibility index (Phi) is 2.91. The van der Waals surface area contributed by atoms with Crippen LogP contribution in [0.25, 0.3) is 63.5 Å². The van der Waals surface area contributed by atoms with E-state index in [0.29, 0.717) is 0 Å². The predicted molar refractivity (Wildman–Crippen MR) is 125 cm³/mol. The molecule has 0 fully saturated rings. The summed E-state index contributed by atoms with van der Waals surface area (Å²) in [7, 11) is 0. The molecule has 2 aromatic heterocycles. The number of hydrogen-bond donors (Lipinski definition) is 0. The summed E-state index contributed by atoms with van der Waals surface area (Å²) in [5.41, 5.74) is 1.95. The molecule has 0 amide bonds. The van der Waals surface area contributed by atoms with Gasteiger partial charge in [-0.15, -0.1) is 11.3 Å². The van der Waals surface area contributed by atoms with Gasteiger partial charge in [0.15, 0.2) is 0 Å². The lowest BCUT2D eigenvalue weighted by molar-refractivity contribution is 1.31. The summed E-state index contributed by atoms with van der Waals surface area (Å²) < 4.78 is 2.64. The Morgan fingerprint density at radius 1 is 0.517 bits per heavy atom. The van der Waals surface area contributed by atoms with Crippen molar-refractivity contribution in [1.82, 2.24) is 9.97 Å². The van der Waals surface area contributed by atoms with E-state index in [0.717, 1.165) is 11.0 Å². The maximum atomic E-state index is 4.75. The molecular formula is C26H14N2S. The standard InChI is InChI=1S/C26H14N2S/c1-2-6-16-15(5-1)9-10-18-24(16)20-14-23-19(17-7-3-4-8-22(17)29-23)13-21(20)26-25(18)27-11-12-28-26/h1-14H. The fourth-order valence-corrected chi connectivity index (χ4v) is 5.79. The van der Waals surface area contributed by atoms with Crippen LogP contribution in [0.1, 0.15) is 0 Å². The van der Waals surface area contributed by atoms with Crippen molar-refractivity contribution in [2.75, 3.05) is 0 Å². The van der Waals surface area contributed by atoms with Gasteiger partial charge < -0.3 is 0 Å². The molecule has 2 heterocycles. The first-order chi connectivity index (χ1) is 14.4. The van der Waals surface area contributed by atoms with Crippen LogP contribution in [0.2, 0.25) is 0 Å². The topological polar surface area (TPSA) is 25.8 Å². The van der Waals surface area contributed by atoms with Gasteiger partial charge in [0.05, 0.1) is 11.0 Å². The molecule has 0 atom stereocenters. The highest BCUT2D eigenvalue weighted by molar-refractivity contribution is 7.25. The van der Waals surface area contributed by atoms with E-state index in [-0.39, 0.29) is 0 Å². The van der Waals surface area contributed by atoms with Crippen LogP contribution >= 0.6 is 11.3 Å². The van der Waals surface area contributed by atoms with Gasteiger partial charge in [-0.1, -0.05) is 54.6 Å². The smallest absolute Gasteiger partial charge is 0.0971 e. The maximum Gasteiger partial charge on any atom is 0.0971 e. The maximum absolute atomic E-state index is 4.75. The zero-order valence-electron chi connectivity index (χ0n) is 15.4. The average Bonchev–Trinajstić information content (AvgIpc) is 3.15. The van der Waals surface area contributed by atoms with Crippen LogP contribution in [0.4, 0.5) is 0 Å². The van der Waals surface area contributed by atoms with Gasteiger partial charge in [-0.25, -0.2) is 0 Å². The molecule has 0 spiro atoms. The molecule has 0 saturated heterocycles. The third-order valence-electron chi connectivity index (χ3n) is 5.92. The number of nitrogens with zero attached hydrogens (tertiary/aromatic N) is 2. The van der Waals surface area contributed by atoms with Crippen LogP contribution in [0.15, 0.2) is 85.2 Å². The van der Waals surface area contributed by atoms with E-state index in [1.54, 1.807) is 12.4 Å². The highest BCUT2D eigenvalue weighted by atomic mass is 32.1. The number of benzene rings is 5. The molecule has 0 aliphatic rings. The second kappa shape index (κ2) is 5.49. The second-order valence-corrected chi connectivity index (χ2v) is 8.54. The fourth-order valence-electron chi connectivity index (χ4n) is 4.67. The van der Waals surface area contributed by atoms with E-state index in [1.165, 1.54) is 52.5 Å². The van der Waals surface area contributed by atoms with Gasteiger partial charge in [-0.05, 0) is 39.7 Å². The van der Waals surface area contributed by atoms with E-state index in [1.807, 2.05) is 11.3 Å². The van der Waals surface area contributed by atoms with Crippen LogP contribution in [0, 0.1) is 0 Å².